The average molecular weight is 609 g/mol. The summed E-state index contributed by atoms with van der Waals surface area (Å²) in [5.41, 5.74) is 0. The van der Waals surface area contributed by atoms with Crippen LogP contribution in [0.25, 0.3) is 0 Å². The average Bonchev–Trinajstić information content (AvgIpc) is 3.01. The molecule has 0 rings (SSSR count). The van der Waals surface area contributed by atoms with E-state index >= 15 is 0 Å². The molecule has 0 aliphatic carbocycles. The Morgan fingerprint density at radius 1 is 0.419 bits per heavy atom. The van der Waals surface area contributed by atoms with Crippen LogP contribution in [0.5, 0.6) is 0 Å². The molecular weight excluding hydrogens is 528 g/mol. The lowest BCUT2D eigenvalue weighted by molar-refractivity contribution is -0.149. The van der Waals surface area contributed by atoms with Crippen molar-refractivity contribution in [2.45, 2.75) is 232 Å². The molecule has 1 unspecified atom stereocenters. The molecule has 3 nitrogen and oxygen atoms in total. The second kappa shape index (κ2) is 37.6. The molecule has 1 N–H and O–H groups in total. The zero-order chi connectivity index (χ0) is 31.3. The van der Waals surface area contributed by atoms with Crippen LogP contribution >= 0.6 is 0 Å². The molecule has 0 aliphatic rings. The van der Waals surface area contributed by atoms with Gasteiger partial charge >= 0.3 is 5.97 Å². The molecule has 0 aliphatic heterocycles. The van der Waals surface area contributed by atoms with Crippen LogP contribution in [-0.2, 0) is 9.53 Å². The summed E-state index contributed by atoms with van der Waals surface area (Å²) in [6.45, 7) is 5.54. The van der Waals surface area contributed by atoms with Gasteiger partial charge in [-0.3, -0.25) is 4.79 Å². The maximum Gasteiger partial charge on any atom is 0.308 e. The predicted molar refractivity (Wildman–Crippen MR) is 190 cm³/mol. The Morgan fingerprint density at radius 2 is 0.698 bits per heavy atom. The van der Waals surface area contributed by atoms with Gasteiger partial charge in [0.25, 0.3) is 0 Å². The lowest BCUT2D eigenvalue weighted by atomic mass is 9.94. The van der Waals surface area contributed by atoms with Crippen molar-refractivity contribution >= 4 is 5.97 Å². The Morgan fingerprint density at radius 3 is 1.02 bits per heavy atom. The summed E-state index contributed by atoms with van der Waals surface area (Å²) in [4.78, 5) is 13.0. The molecule has 1 atom stereocenters. The first-order chi connectivity index (χ1) is 21.3. The minimum Gasteiger partial charge on any atom is -0.465 e. The largest absolute Gasteiger partial charge is 0.465 e. The molecule has 0 bridgehead atoms. The van der Waals surface area contributed by atoms with E-state index in [4.69, 9.17) is 9.84 Å². The first kappa shape index (κ1) is 42.4. The van der Waals surface area contributed by atoms with Crippen molar-refractivity contribution in [2.24, 2.45) is 5.92 Å². The van der Waals surface area contributed by atoms with Gasteiger partial charge in [0.2, 0.25) is 0 Å². The van der Waals surface area contributed by atoms with Crippen molar-refractivity contribution < 1.29 is 14.6 Å². The highest BCUT2D eigenvalue weighted by Crippen LogP contribution is 2.22. The maximum absolute atomic E-state index is 13.0. The third kappa shape index (κ3) is 34.1. The number of hydrogen-bond donors (Lipinski definition) is 1. The van der Waals surface area contributed by atoms with Crippen molar-refractivity contribution in [3.8, 4) is 0 Å². The van der Waals surface area contributed by atoms with E-state index in [-0.39, 0.29) is 11.9 Å². The molecule has 3 heteroatoms. The summed E-state index contributed by atoms with van der Waals surface area (Å²) in [6.07, 6.45) is 44.0. The summed E-state index contributed by atoms with van der Waals surface area (Å²) < 4.78 is 5.83. The monoisotopic (exact) mass is 609 g/mol. The molecule has 0 saturated heterocycles. The van der Waals surface area contributed by atoms with Gasteiger partial charge in [0.1, 0.15) is 0 Å². The normalized spacial score (nSPS) is 12.2. The molecule has 0 aromatic heterocycles. The van der Waals surface area contributed by atoms with Gasteiger partial charge in [-0.25, -0.2) is 0 Å². The topological polar surface area (TPSA) is 46.5 Å². The number of carbonyl (C=O) groups excluding carboxylic acids is 1. The summed E-state index contributed by atoms with van der Waals surface area (Å²) in [5, 5.41) is 8.86. The molecule has 0 radical (unpaired) electrons. The minimum atomic E-state index is 0.102. The summed E-state index contributed by atoms with van der Waals surface area (Å²) in [5.74, 6) is 0.230. The predicted octanol–water partition coefficient (Wildman–Crippen LogP) is 13.4. The van der Waals surface area contributed by atoms with Crippen molar-refractivity contribution in [1.82, 2.24) is 0 Å². The van der Waals surface area contributed by atoms with Gasteiger partial charge in [0.15, 0.2) is 0 Å². The second-order valence-electron chi connectivity index (χ2n) is 13.8. The Kier molecular flexibility index (Phi) is 37.1. The standard InChI is InChI=1S/C40H80O3/c1-3-5-7-9-11-13-14-19-22-26-30-34-38-43-40(42)39(35-31-27-23-12-10-8-6-4-2)36-32-28-24-20-17-15-16-18-21-25-29-33-37-41/h39,41H,3-38H2,1-2H3. The number of aliphatic hydroxyl groups excluding tert-OH is 1. The van der Waals surface area contributed by atoms with Gasteiger partial charge in [0, 0.05) is 6.61 Å². The molecule has 0 aromatic rings. The third-order valence-electron chi connectivity index (χ3n) is 9.44. The van der Waals surface area contributed by atoms with Gasteiger partial charge < -0.3 is 9.84 Å². The number of aliphatic hydroxyl groups is 1. The molecule has 43 heavy (non-hydrogen) atoms. The van der Waals surface area contributed by atoms with Crippen LogP contribution in [0.1, 0.15) is 232 Å². The van der Waals surface area contributed by atoms with Crippen LogP contribution in [0.2, 0.25) is 0 Å². The zero-order valence-corrected chi connectivity index (χ0v) is 29.8. The third-order valence-corrected chi connectivity index (χ3v) is 9.44. The number of ether oxygens (including phenoxy) is 1. The number of hydrogen-bond acceptors (Lipinski definition) is 3. The highest BCUT2D eigenvalue weighted by Gasteiger charge is 2.19. The lowest BCUT2D eigenvalue weighted by Crippen LogP contribution is -2.18. The van der Waals surface area contributed by atoms with Crippen LogP contribution in [0, 0.1) is 5.92 Å². The van der Waals surface area contributed by atoms with Crippen molar-refractivity contribution in [1.29, 1.82) is 0 Å². The van der Waals surface area contributed by atoms with E-state index in [1.807, 2.05) is 0 Å². The van der Waals surface area contributed by atoms with Crippen LogP contribution in [0.3, 0.4) is 0 Å². The fourth-order valence-electron chi connectivity index (χ4n) is 6.41. The van der Waals surface area contributed by atoms with Gasteiger partial charge in [0.05, 0.1) is 12.5 Å². The van der Waals surface area contributed by atoms with E-state index in [2.05, 4.69) is 13.8 Å². The van der Waals surface area contributed by atoms with E-state index in [0.717, 1.165) is 25.7 Å². The number of carbonyl (C=O) groups is 1. The number of unbranched alkanes of at least 4 members (excludes halogenated alkanes) is 29. The van der Waals surface area contributed by atoms with Gasteiger partial charge in [-0.1, -0.05) is 206 Å². The van der Waals surface area contributed by atoms with Crippen LogP contribution in [0.4, 0.5) is 0 Å². The Bertz CT molecular complexity index is 520. The van der Waals surface area contributed by atoms with Crippen molar-refractivity contribution in [3.63, 3.8) is 0 Å². The fraction of sp³-hybridized carbons (Fsp3) is 0.975. The first-order valence-electron chi connectivity index (χ1n) is 20.0. The highest BCUT2D eigenvalue weighted by atomic mass is 16.5. The van der Waals surface area contributed by atoms with Crippen molar-refractivity contribution in [3.05, 3.63) is 0 Å². The van der Waals surface area contributed by atoms with Crippen LogP contribution in [0.15, 0.2) is 0 Å². The molecule has 0 heterocycles. The SMILES string of the molecule is CCCCCCCCCCCCCCOC(=O)C(CCCCCCCCCC)CCCCCCCCCCCCCCO. The molecule has 0 aromatic carbocycles. The molecule has 258 valence electrons. The molecule has 0 saturated carbocycles. The summed E-state index contributed by atoms with van der Waals surface area (Å²) >= 11 is 0. The Balaban J connectivity index is 3.99. The van der Waals surface area contributed by atoms with E-state index in [1.165, 1.54) is 193 Å². The minimum absolute atomic E-state index is 0.102. The van der Waals surface area contributed by atoms with Crippen LogP contribution < -0.4 is 0 Å². The zero-order valence-electron chi connectivity index (χ0n) is 29.8. The summed E-state index contributed by atoms with van der Waals surface area (Å²) in [6, 6.07) is 0. The highest BCUT2D eigenvalue weighted by molar-refractivity contribution is 5.72. The quantitative estimate of drug-likeness (QED) is 0.0563. The maximum atomic E-state index is 13.0. The molecule has 0 amide bonds. The number of rotatable bonds is 37. The fourth-order valence-corrected chi connectivity index (χ4v) is 6.41. The van der Waals surface area contributed by atoms with E-state index in [1.54, 1.807) is 0 Å². The van der Waals surface area contributed by atoms with E-state index in [0.29, 0.717) is 13.2 Å². The molecule has 0 spiro atoms. The Labute approximate surface area is 271 Å². The molecular formula is C40H80O3. The van der Waals surface area contributed by atoms with E-state index < -0.39 is 0 Å². The molecule has 0 fully saturated rings. The van der Waals surface area contributed by atoms with Crippen molar-refractivity contribution in [2.75, 3.05) is 13.2 Å². The first-order valence-corrected chi connectivity index (χ1v) is 20.0. The van der Waals surface area contributed by atoms with E-state index in [9.17, 15) is 4.79 Å². The van der Waals surface area contributed by atoms with Gasteiger partial charge in [-0.2, -0.15) is 0 Å². The lowest BCUT2D eigenvalue weighted by Gasteiger charge is -2.16. The van der Waals surface area contributed by atoms with Gasteiger partial charge in [-0.15, -0.1) is 0 Å². The smallest absolute Gasteiger partial charge is 0.308 e. The second-order valence-corrected chi connectivity index (χ2v) is 13.8. The van der Waals surface area contributed by atoms with Gasteiger partial charge in [-0.05, 0) is 25.7 Å². The number of esters is 1. The van der Waals surface area contributed by atoms with Crippen LogP contribution in [-0.4, -0.2) is 24.3 Å². The summed E-state index contributed by atoms with van der Waals surface area (Å²) in [7, 11) is 0. The Hall–Kier alpha value is -0.570.